The van der Waals surface area contributed by atoms with Crippen molar-refractivity contribution in [3.63, 3.8) is 0 Å². The summed E-state index contributed by atoms with van der Waals surface area (Å²) in [5.41, 5.74) is 10.2. The molecule has 0 bridgehead atoms. The maximum absolute atomic E-state index is 7.43. The van der Waals surface area contributed by atoms with Gasteiger partial charge in [-0.3, -0.25) is 0 Å². The van der Waals surface area contributed by atoms with Crippen molar-refractivity contribution in [2.24, 2.45) is 11.7 Å². The van der Waals surface area contributed by atoms with E-state index in [0.717, 1.165) is 36.6 Å². The van der Waals surface area contributed by atoms with Crippen LogP contribution < -0.4 is 16.0 Å². The Morgan fingerprint density at radius 1 is 1.36 bits per heavy atom. The standard InChI is InChI=1S/C18H26N4/c19-11-17(12-20)15-3-4-18-16(10-15)6-9-22(18)13-14-2-1-7-21-8-5-14/h3-4,10-12,14,19,21H,1-2,5-9,13,20H2. The highest BCUT2D eigenvalue weighted by Crippen LogP contribution is 2.32. The van der Waals surface area contributed by atoms with E-state index in [1.807, 2.05) is 0 Å². The highest BCUT2D eigenvalue weighted by Gasteiger charge is 2.23. The van der Waals surface area contributed by atoms with Crippen LogP contribution in [0.2, 0.25) is 0 Å². The minimum Gasteiger partial charge on any atom is -0.404 e. The van der Waals surface area contributed by atoms with Gasteiger partial charge in [0.1, 0.15) is 0 Å². The van der Waals surface area contributed by atoms with Gasteiger partial charge >= 0.3 is 0 Å². The Balaban J connectivity index is 1.73. The first-order chi connectivity index (χ1) is 10.8. The van der Waals surface area contributed by atoms with E-state index in [2.05, 4.69) is 28.4 Å². The Morgan fingerprint density at radius 2 is 2.27 bits per heavy atom. The Hall–Kier alpha value is -1.81. The smallest absolute Gasteiger partial charge is 0.0400 e. The van der Waals surface area contributed by atoms with Gasteiger partial charge in [-0.1, -0.05) is 6.07 Å². The van der Waals surface area contributed by atoms with Crippen LogP contribution in [0.25, 0.3) is 5.57 Å². The van der Waals surface area contributed by atoms with Gasteiger partial charge in [0.15, 0.2) is 0 Å². The fourth-order valence-electron chi connectivity index (χ4n) is 3.65. The fraction of sp³-hybridized carbons (Fsp3) is 0.500. The summed E-state index contributed by atoms with van der Waals surface area (Å²) >= 11 is 0. The number of anilines is 1. The molecule has 4 N–H and O–H groups in total. The molecule has 0 aliphatic carbocycles. The van der Waals surface area contributed by atoms with Crippen molar-refractivity contribution in [3.8, 4) is 0 Å². The van der Waals surface area contributed by atoms with Crippen molar-refractivity contribution < 1.29 is 0 Å². The first-order valence-electron chi connectivity index (χ1n) is 8.33. The van der Waals surface area contributed by atoms with E-state index in [1.165, 1.54) is 56.0 Å². The van der Waals surface area contributed by atoms with Gasteiger partial charge in [-0.25, -0.2) is 0 Å². The van der Waals surface area contributed by atoms with Gasteiger partial charge in [0.05, 0.1) is 0 Å². The zero-order valence-electron chi connectivity index (χ0n) is 13.1. The first kappa shape index (κ1) is 15.1. The van der Waals surface area contributed by atoms with E-state index in [9.17, 15) is 0 Å². The van der Waals surface area contributed by atoms with Crippen LogP contribution in [0.3, 0.4) is 0 Å². The Bertz CT molecular complexity index is 556. The maximum atomic E-state index is 7.43. The lowest BCUT2D eigenvalue weighted by molar-refractivity contribution is 0.469. The number of rotatable bonds is 4. The molecule has 1 unspecified atom stereocenters. The second-order valence-electron chi connectivity index (χ2n) is 6.35. The third kappa shape index (κ3) is 3.17. The molecule has 1 fully saturated rings. The third-order valence-corrected chi connectivity index (χ3v) is 4.91. The van der Waals surface area contributed by atoms with Crippen LogP contribution in [-0.2, 0) is 6.42 Å². The predicted molar refractivity (Wildman–Crippen MR) is 93.5 cm³/mol. The molecule has 1 saturated heterocycles. The Kier molecular flexibility index (Phi) is 4.78. The number of hydrogen-bond donors (Lipinski definition) is 3. The van der Waals surface area contributed by atoms with E-state index in [-0.39, 0.29) is 0 Å². The summed E-state index contributed by atoms with van der Waals surface area (Å²) in [5, 5.41) is 10.9. The summed E-state index contributed by atoms with van der Waals surface area (Å²) in [6, 6.07) is 6.50. The third-order valence-electron chi connectivity index (χ3n) is 4.91. The van der Waals surface area contributed by atoms with Crippen LogP contribution in [0, 0.1) is 11.3 Å². The number of fused-ring (bicyclic) bond motifs is 1. The molecule has 0 aromatic heterocycles. The molecule has 3 rings (SSSR count). The number of nitrogens with one attached hydrogen (secondary N) is 2. The summed E-state index contributed by atoms with van der Waals surface area (Å²) in [7, 11) is 0. The molecular weight excluding hydrogens is 272 g/mol. The zero-order chi connectivity index (χ0) is 15.4. The molecule has 1 atom stereocenters. The molecule has 2 aliphatic rings. The van der Waals surface area contributed by atoms with Crippen LogP contribution in [0.15, 0.2) is 24.4 Å². The molecule has 0 amide bonds. The van der Waals surface area contributed by atoms with Gasteiger partial charge in [-0.15, -0.1) is 0 Å². The summed E-state index contributed by atoms with van der Waals surface area (Å²) in [5.74, 6) is 0.807. The van der Waals surface area contributed by atoms with Gasteiger partial charge < -0.3 is 21.4 Å². The van der Waals surface area contributed by atoms with Crippen molar-refractivity contribution in [3.05, 3.63) is 35.5 Å². The van der Waals surface area contributed by atoms with E-state index >= 15 is 0 Å². The number of nitrogens with zero attached hydrogens (tertiary/aromatic N) is 1. The molecule has 118 valence electrons. The minimum atomic E-state index is 0.788. The maximum Gasteiger partial charge on any atom is 0.0400 e. The summed E-state index contributed by atoms with van der Waals surface area (Å²) in [6.45, 7) is 4.63. The lowest BCUT2D eigenvalue weighted by atomic mass is 9.99. The van der Waals surface area contributed by atoms with Crippen LogP contribution in [0.5, 0.6) is 0 Å². The normalized spacial score (nSPS) is 22.3. The lowest BCUT2D eigenvalue weighted by Crippen LogP contribution is -2.28. The first-order valence-corrected chi connectivity index (χ1v) is 8.33. The van der Waals surface area contributed by atoms with Crippen molar-refractivity contribution in [1.82, 2.24) is 5.32 Å². The molecule has 0 saturated carbocycles. The minimum absolute atomic E-state index is 0.788. The summed E-state index contributed by atoms with van der Waals surface area (Å²) in [4.78, 5) is 2.55. The van der Waals surface area contributed by atoms with E-state index in [1.54, 1.807) is 0 Å². The molecule has 2 aliphatic heterocycles. The average Bonchev–Trinajstić information content (AvgIpc) is 2.76. The molecule has 22 heavy (non-hydrogen) atoms. The highest BCUT2D eigenvalue weighted by atomic mass is 15.1. The average molecular weight is 298 g/mol. The monoisotopic (exact) mass is 298 g/mol. The van der Waals surface area contributed by atoms with Crippen LogP contribution in [0.4, 0.5) is 5.69 Å². The summed E-state index contributed by atoms with van der Waals surface area (Å²) < 4.78 is 0. The number of nitrogens with two attached hydrogens (primary N) is 1. The second-order valence-corrected chi connectivity index (χ2v) is 6.35. The van der Waals surface area contributed by atoms with Gasteiger partial charge in [0.25, 0.3) is 0 Å². The van der Waals surface area contributed by atoms with E-state index < -0.39 is 0 Å². The van der Waals surface area contributed by atoms with Gasteiger partial charge in [-0.05, 0) is 68.0 Å². The lowest BCUT2D eigenvalue weighted by Gasteiger charge is -2.25. The van der Waals surface area contributed by atoms with Gasteiger partial charge in [0, 0.05) is 36.8 Å². The number of hydrogen-bond acceptors (Lipinski definition) is 4. The second kappa shape index (κ2) is 6.97. The van der Waals surface area contributed by atoms with Crippen molar-refractivity contribution in [1.29, 1.82) is 5.41 Å². The van der Waals surface area contributed by atoms with Crippen LogP contribution >= 0.6 is 0 Å². The van der Waals surface area contributed by atoms with Crippen molar-refractivity contribution in [2.45, 2.75) is 25.7 Å². The molecule has 1 aromatic carbocycles. The van der Waals surface area contributed by atoms with Crippen molar-refractivity contribution >= 4 is 17.5 Å². The number of benzene rings is 1. The molecule has 2 heterocycles. The number of allylic oxidation sites excluding steroid dienone is 1. The quantitative estimate of drug-likeness (QED) is 0.748. The van der Waals surface area contributed by atoms with Crippen LogP contribution in [0.1, 0.15) is 30.4 Å². The molecule has 4 nitrogen and oxygen atoms in total. The molecular formula is C18H26N4. The fourth-order valence-corrected chi connectivity index (χ4v) is 3.65. The topological polar surface area (TPSA) is 65.1 Å². The molecule has 0 radical (unpaired) electrons. The predicted octanol–water partition coefficient (Wildman–Crippen LogP) is 2.39. The SMILES string of the molecule is N=CC(=CN)c1ccc2c(c1)CCN2CC1CCCNCC1. The van der Waals surface area contributed by atoms with Crippen LogP contribution in [-0.4, -0.2) is 32.4 Å². The Labute approximate surface area is 132 Å². The zero-order valence-corrected chi connectivity index (χ0v) is 13.1. The van der Waals surface area contributed by atoms with Gasteiger partial charge in [-0.2, -0.15) is 0 Å². The summed E-state index contributed by atoms with van der Waals surface area (Å²) in [6.07, 6.45) is 7.87. The molecule has 4 heteroatoms. The highest BCUT2D eigenvalue weighted by molar-refractivity contribution is 6.08. The largest absolute Gasteiger partial charge is 0.404 e. The molecule has 1 aromatic rings. The van der Waals surface area contributed by atoms with E-state index in [0.29, 0.717) is 0 Å². The Morgan fingerprint density at radius 3 is 3.09 bits per heavy atom. The van der Waals surface area contributed by atoms with Crippen molar-refractivity contribution in [2.75, 3.05) is 31.1 Å². The molecule has 0 spiro atoms. The van der Waals surface area contributed by atoms with E-state index in [4.69, 9.17) is 11.1 Å². The van der Waals surface area contributed by atoms with Gasteiger partial charge in [0.2, 0.25) is 0 Å².